The van der Waals surface area contributed by atoms with Crippen LogP contribution in [0.15, 0.2) is 48.7 Å². The van der Waals surface area contributed by atoms with Crippen molar-refractivity contribution in [3.05, 3.63) is 60.0 Å². The third-order valence-electron chi connectivity index (χ3n) is 4.84. The summed E-state index contributed by atoms with van der Waals surface area (Å²) >= 11 is 0. The van der Waals surface area contributed by atoms with Crippen molar-refractivity contribution in [1.82, 2.24) is 15.3 Å². The number of anilines is 5. The number of para-hydroxylation sites is 2. The van der Waals surface area contributed by atoms with Crippen molar-refractivity contribution in [2.45, 2.75) is 18.9 Å². The SMILES string of the molecule is COc1ccc(C(=O)NC2CC2)cc1Nc1ncc(F)c(Nc2ccccc2NS(C)(=O)=O)n1. The molecule has 1 saturated carbocycles. The summed E-state index contributed by atoms with van der Waals surface area (Å²) in [6.45, 7) is 0. The topological polar surface area (TPSA) is 134 Å². The second kappa shape index (κ2) is 9.51. The second-order valence-corrected chi connectivity index (χ2v) is 9.47. The van der Waals surface area contributed by atoms with Gasteiger partial charge in [0.05, 0.1) is 36.6 Å². The van der Waals surface area contributed by atoms with Gasteiger partial charge in [-0.1, -0.05) is 12.1 Å². The van der Waals surface area contributed by atoms with Crippen molar-refractivity contribution >= 4 is 44.8 Å². The molecule has 10 nitrogen and oxygen atoms in total. The Morgan fingerprint density at radius 2 is 1.82 bits per heavy atom. The van der Waals surface area contributed by atoms with Crippen molar-refractivity contribution in [2.24, 2.45) is 0 Å². The van der Waals surface area contributed by atoms with E-state index in [-0.39, 0.29) is 29.4 Å². The van der Waals surface area contributed by atoms with Crippen LogP contribution >= 0.6 is 0 Å². The van der Waals surface area contributed by atoms with E-state index in [9.17, 15) is 17.6 Å². The molecule has 12 heteroatoms. The van der Waals surface area contributed by atoms with E-state index in [2.05, 4.69) is 30.6 Å². The van der Waals surface area contributed by atoms with Gasteiger partial charge in [-0.25, -0.2) is 17.8 Å². The molecular weight excluding hydrogens is 463 g/mol. The van der Waals surface area contributed by atoms with E-state index in [1.54, 1.807) is 36.4 Å². The molecule has 4 rings (SSSR count). The van der Waals surface area contributed by atoms with Gasteiger partial charge in [0.25, 0.3) is 5.91 Å². The van der Waals surface area contributed by atoms with Gasteiger partial charge in [0.2, 0.25) is 16.0 Å². The first-order chi connectivity index (χ1) is 16.2. The van der Waals surface area contributed by atoms with Gasteiger partial charge in [0, 0.05) is 11.6 Å². The van der Waals surface area contributed by atoms with Gasteiger partial charge in [-0.05, 0) is 43.2 Å². The predicted octanol–water partition coefficient (Wildman–Crippen LogP) is 3.38. The van der Waals surface area contributed by atoms with Crippen molar-refractivity contribution in [1.29, 1.82) is 0 Å². The number of aromatic nitrogens is 2. The summed E-state index contributed by atoms with van der Waals surface area (Å²) in [6, 6.07) is 11.5. The van der Waals surface area contributed by atoms with Crippen LogP contribution < -0.4 is 25.4 Å². The summed E-state index contributed by atoms with van der Waals surface area (Å²) in [5, 5.41) is 8.65. The summed E-state index contributed by atoms with van der Waals surface area (Å²) in [7, 11) is -2.07. The Balaban J connectivity index is 1.59. The fourth-order valence-corrected chi connectivity index (χ4v) is 3.66. The summed E-state index contributed by atoms with van der Waals surface area (Å²) in [5.41, 5.74) is 1.38. The average Bonchev–Trinajstić information content (AvgIpc) is 3.60. The van der Waals surface area contributed by atoms with E-state index in [4.69, 9.17) is 4.74 Å². The summed E-state index contributed by atoms with van der Waals surface area (Å²) < 4.78 is 45.5. The zero-order valence-corrected chi connectivity index (χ0v) is 19.2. The second-order valence-electron chi connectivity index (χ2n) is 7.72. The lowest BCUT2D eigenvalue weighted by atomic mass is 10.1. The molecule has 1 heterocycles. The maximum Gasteiger partial charge on any atom is 0.251 e. The number of rotatable bonds is 9. The van der Waals surface area contributed by atoms with E-state index in [1.807, 2.05) is 0 Å². The number of hydrogen-bond acceptors (Lipinski definition) is 8. The van der Waals surface area contributed by atoms with Crippen LogP contribution in [0.25, 0.3) is 0 Å². The van der Waals surface area contributed by atoms with Gasteiger partial charge in [-0.15, -0.1) is 0 Å². The summed E-state index contributed by atoms with van der Waals surface area (Å²) in [6.07, 6.45) is 3.92. The number of carbonyl (C=O) groups excluding carboxylic acids is 1. The highest BCUT2D eigenvalue weighted by Crippen LogP contribution is 2.30. The lowest BCUT2D eigenvalue weighted by Crippen LogP contribution is -2.25. The fraction of sp³-hybridized carbons (Fsp3) is 0.227. The zero-order chi connectivity index (χ0) is 24.3. The molecule has 1 amide bonds. The average molecular weight is 487 g/mol. The number of methoxy groups -OCH3 is 1. The molecule has 1 aromatic heterocycles. The molecule has 1 fully saturated rings. The van der Waals surface area contributed by atoms with E-state index < -0.39 is 15.8 Å². The van der Waals surface area contributed by atoms with Crippen LogP contribution in [0.2, 0.25) is 0 Å². The van der Waals surface area contributed by atoms with E-state index >= 15 is 0 Å². The number of halogens is 1. The fourth-order valence-electron chi connectivity index (χ4n) is 3.09. The minimum Gasteiger partial charge on any atom is -0.495 e. The van der Waals surface area contributed by atoms with Crippen LogP contribution in [0.5, 0.6) is 5.75 Å². The molecule has 0 bridgehead atoms. The number of nitrogens with one attached hydrogen (secondary N) is 4. The molecule has 0 spiro atoms. The highest BCUT2D eigenvalue weighted by Gasteiger charge is 2.24. The number of sulfonamides is 1. The lowest BCUT2D eigenvalue weighted by molar-refractivity contribution is 0.0951. The Morgan fingerprint density at radius 1 is 1.09 bits per heavy atom. The molecule has 2 aromatic carbocycles. The zero-order valence-electron chi connectivity index (χ0n) is 18.4. The Bertz CT molecular complexity index is 1330. The van der Waals surface area contributed by atoms with Crippen LogP contribution in [0.3, 0.4) is 0 Å². The minimum atomic E-state index is -3.55. The Morgan fingerprint density at radius 3 is 2.50 bits per heavy atom. The largest absolute Gasteiger partial charge is 0.495 e. The quantitative estimate of drug-likeness (QED) is 0.362. The lowest BCUT2D eigenvalue weighted by Gasteiger charge is -2.15. The van der Waals surface area contributed by atoms with Gasteiger partial charge in [-0.2, -0.15) is 4.98 Å². The van der Waals surface area contributed by atoms with Gasteiger partial charge >= 0.3 is 0 Å². The molecule has 0 unspecified atom stereocenters. The van der Waals surface area contributed by atoms with Crippen LogP contribution in [-0.2, 0) is 10.0 Å². The van der Waals surface area contributed by atoms with E-state index in [0.717, 1.165) is 25.3 Å². The van der Waals surface area contributed by atoms with Gasteiger partial charge in [-0.3, -0.25) is 9.52 Å². The first-order valence-corrected chi connectivity index (χ1v) is 12.2. The van der Waals surface area contributed by atoms with Crippen molar-refractivity contribution in [3.8, 4) is 5.75 Å². The number of benzene rings is 2. The molecule has 0 atom stereocenters. The Hall–Kier alpha value is -3.93. The van der Waals surface area contributed by atoms with Crippen LogP contribution in [0, 0.1) is 5.82 Å². The number of nitrogens with zero attached hydrogens (tertiary/aromatic N) is 2. The highest BCUT2D eigenvalue weighted by molar-refractivity contribution is 7.92. The van der Waals surface area contributed by atoms with Crippen LogP contribution in [0.1, 0.15) is 23.2 Å². The van der Waals surface area contributed by atoms with Gasteiger partial charge in [0.1, 0.15) is 5.75 Å². The number of amides is 1. The molecule has 0 aliphatic heterocycles. The number of hydrogen-bond donors (Lipinski definition) is 4. The molecule has 34 heavy (non-hydrogen) atoms. The maximum atomic E-state index is 14.5. The van der Waals surface area contributed by atoms with Crippen molar-refractivity contribution < 1.29 is 22.3 Å². The highest BCUT2D eigenvalue weighted by atomic mass is 32.2. The third kappa shape index (κ3) is 5.90. The predicted molar refractivity (Wildman–Crippen MR) is 127 cm³/mol. The van der Waals surface area contributed by atoms with Crippen LogP contribution in [0.4, 0.5) is 33.2 Å². The first-order valence-electron chi connectivity index (χ1n) is 10.3. The Kier molecular flexibility index (Phi) is 6.50. The molecule has 0 radical (unpaired) electrons. The number of carbonyl (C=O) groups is 1. The molecule has 1 aliphatic rings. The molecule has 0 saturated heterocycles. The maximum absolute atomic E-state index is 14.5. The standard InChI is InChI=1S/C22H23FN6O4S/c1-33-19-10-7-13(21(30)25-14-8-9-14)11-18(19)27-22-24-12-15(23)20(28-22)26-16-5-3-4-6-17(16)29-34(2,31)32/h3-7,10-12,14,29H,8-9H2,1-2H3,(H,25,30)(H2,24,26,27,28). The normalized spacial score (nSPS) is 13.1. The van der Waals surface area contributed by atoms with Crippen molar-refractivity contribution in [2.75, 3.05) is 28.7 Å². The molecule has 4 N–H and O–H groups in total. The molecule has 1 aliphatic carbocycles. The number of ether oxygens (including phenoxy) is 1. The van der Waals surface area contributed by atoms with Crippen molar-refractivity contribution in [3.63, 3.8) is 0 Å². The summed E-state index contributed by atoms with van der Waals surface area (Å²) in [5.74, 6) is -0.653. The Labute approximate surface area is 196 Å². The smallest absolute Gasteiger partial charge is 0.251 e. The van der Waals surface area contributed by atoms with E-state index in [1.165, 1.54) is 13.2 Å². The first kappa shape index (κ1) is 23.2. The molecule has 3 aromatic rings. The summed E-state index contributed by atoms with van der Waals surface area (Å²) in [4.78, 5) is 20.5. The monoisotopic (exact) mass is 486 g/mol. The molecular formula is C22H23FN6O4S. The van der Waals surface area contributed by atoms with Crippen LogP contribution in [-0.4, -0.2) is 43.7 Å². The van der Waals surface area contributed by atoms with E-state index in [0.29, 0.717) is 22.7 Å². The van der Waals surface area contributed by atoms with Gasteiger partial charge < -0.3 is 20.7 Å². The third-order valence-corrected chi connectivity index (χ3v) is 5.43. The molecule has 178 valence electrons. The van der Waals surface area contributed by atoms with Gasteiger partial charge in [0.15, 0.2) is 11.6 Å². The minimum absolute atomic E-state index is 0.0375.